The third-order valence-corrected chi connectivity index (χ3v) is 3.01. The molecular formula is C15H23N. The molecule has 88 valence electrons. The first-order valence-electron chi connectivity index (χ1n) is 6.14. The molecule has 1 aromatic heterocycles. The number of unbranched alkanes of at least 4 members (excludes halogenated alkanes) is 1. The fraction of sp³-hybridized carbons (Fsp3) is 0.467. The lowest BCUT2D eigenvalue weighted by molar-refractivity contribution is 0.865. The van der Waals surface area contributed by atoms with Crippen molar-refractivity contribution in [3.63, 3.8) is 0 Å². The van der Waals surface area contributed by atoms with E-state index in [-0.39, 0.29) is 0 Å². The van der Waals surface area contributed by atoms with Crippen molar-refractivity contribution in [2.45, 2.75) is 40.0 Å². The van der Waals surface area contributed by atoms with Crippen LogP contribution in [-0.4, -0.2) is 4.57 Å². The summed E-state index contributed by atoms with van der Waals surface area (Å²) >= 11 is 0. The highest BCUT2D eigenvalue weighted by Gasteiger charge is 2.03. The summed E-state index contributed by atoms with van der Waals surface area (Å²) in [7, 11) is 2.12. The van der Waals surface area contributed by atoms with E-state index in [0.29, 0.717) is 0 Å². The van der Waals surface area contributed by atoms with Crippen molar-refractivity contribution in [3.05, 3.63) is 27.9 Å². The predicted molar refractivity (Wildman–Crippen MR) is 73.6 cm³/mol. The van der Waals surface area contributed by atoms with Gasteiger partial charge in [-0.25, -0.2) is 0 Å². The molecule has 0 aliphatic carbocycles. The first-order chi connectivity index (χ1) is 7.63. The Morgan fingerprint density at radius 1 is 1.31 bits per heavy atom. The highest BCUT2D eigenvalue weighted by Crippen LogP contribution is 2.04. The topological polar surface area (TPSA) is 4.93 Å². The fourth-order valence-corrected chi connectivity index (χ4v) is 1.94. The third kappa shape index (κ3) is 2.46. The molecule has 0 bridgehead atoms. The molecule has 16 heavy (non-hydrogen) atoms. The van der Waals surface area contributed by atoms with Crippen LogP contribution in [0.5, 0.6) is 0 Å². The van der Waals surface area contributed by atoms with Crippen LogP contribution < -0.4 is 10.6 Å². The van der Waals surface area contributed by atoms with Crippen molar-refractivity contribution in [1.82, 2.24) is 4.57 Å². The second kappa shape index (κ2) is 5.74. The van der Waals surface area contributed by atoms with Crippen molar-refractivity contribution in [2.24, 2.45) is 7.05 Å². The van der Waals surface area contributed by atoms with Crippen LogP contribution in [-0.2, 0) is 7.05 Å². The van der Waals surface area contributed by atoms with Gasteiger partial charge in [0, 0.05) is 18.1 Å². The van der Waals surface area contributed by atoms with Crippen LogP contribution in [0.2, 0.25) is 0 Å². The van der Waals surface area contributed by atoms with E-state index in [1.807, 2.05) is 0 Å². The van der Waals surface area contributed by atoms with Gasteiger partial charge < -0.3 is 4.57 Å². The van der Waals surface area contributed by atoms with Crippen molar-refractivity contribution in [3.8, 4) is 0 Å². The molecule has 0 unspecified atom stereocenters. The van der Waals surface area contributed by atoms with Gasteiger partial charge in [0.25, 0.3) is 0 Å². The van der Waals surface area contributed by atoms with Crippen molar-refractivity contribution < 1.29 is 0 Å². The maximum atomic E-state index is 4.18. The van der Waals surface area contributed by atoms with Gasteiger partial charge in [-0.15, -0.1) is 0 Å². The van der Waals surface area contributed by atoms with E-state index in [4.69, 9.17) is 0 Å². The molecule has 1 rings (SSSR count). The minimum atomic E-state index is 1.07. The van der Waals surface area contributed by atoms with E-state index < -0.39 is 0 Å². The Labute approximate surface area is 98.8 Å². The maximum absolute atomic E-state index is 4.18. The van der Waals surface area contributed by atoms with Gasteiger partial charge in [0.1, 0.15) is 0 Å². The van der Waals surface area contributed by atoms with Crippen molar-refractivity contribution in [1.29, 1.82) is 0 Å². The molecule has 0 radical (unpaired) electrons. The lowest BCUT2D eigenvalue weighted by Gasteiger charge is -1.99. The van der Waals surface area contributed by atoms with Crippen molar-refractivity contribution >= 4 is 18.7 Å². The Kier molecular flexibility index (Phi) is 4.60. The summed E-state index contributed by atoms with van der Waals surface area (Å²) in [6.45, 7) is 10.7. The van der Waals surface area contributed by atoms with Gasteiger partial charge in [-0.1, -0.05) is 39.0 Å². The SMILES string of the molecule is C=c1c(C)c(/C=C\CC)n(C)/c1=C/CCC. The molecule has 1 heteroatoms. The van der Waals surface area contributed by atoms with Gasteiger partial charge in [-0.05, 0) is 36.6 Å². The smallest absolute Gasteiger partial charge is 0.0441 e. The molecular weight excluding hydrogens is 194 g/mol. The normalized spacial score (nSPS) is 12.9. The van der Waals surface area contributed by atoms with Crippen LogP contribution in [0.25, 0.3) is 18.7 Å². The van der Waals surface area contributed by atoms with E-state index in [1.165, 1.54) is 28.2 Å². The van der Waals surface area contributed by atoms with E-state index in [0.717, 1.165) is 12.8 Å². The average molecular weight is 217 g/mol. The van der Waals surface area contributed by atoms with E-state index >= 15 is 0 Å². The highest BCUT2D eigenvalue weighted by molar-refractivity contribution is 5.52. The Balaban J connectivity index is 3.34. The first kappa shape index (κ1) is 12.8. The zero-order chi connectivity index (χ0) is 12.1. The van der Waals surface area contributed by atoms with E-state index in [9.17, 15) is 0 Å². The number of hydrogen-bond donors (Lipinski definition) is 0. The number of rotatable bonds is 4. The average Bonchev–Trinajstić information content (AvgIpc) is 2.47. The lowest BCUT2D eigenvalue weighted by atomic mass is 10.2. The monoisotopic (exact) mass is 217 g/mol. The molecule has 0 amide bonds. The number of nitrogens with zero attached hydrogens (tertiary/aromatic N) is 1. The zero-order valence-electron chi connectivity index (χ0n) is 11.0. The van der Waals surface area contributed by atoms with Crippen LogP contribution >= 0.6 is 0 Å². The summed E-state index contributed by atoms with van der Waals surface area (Å²) in [5, 5.41) is 2.45. The summed E-state index contributed by atoms with van der Waals surface area (Å²) in [4.78, 5) is 0. The molecule has 1 nitrogen and oxygen atoms in total. The molecule has 0 aliphatic rings. The molecule has 0 N–H and O–H groups in total. The second-order valence-corrected chi connectivity index (χ2v) is 4.24. The summed E-state index contributed by atoms with van der Waals surface area (Å²) < 4.78 is 2.25. The van der Waals surface area contributed by atoms with E-state index in [1.54, 1.807) is 0 Å². The molecule has 0 atom stereocenters. The number of allylic oxidation sites excluding steroid dienone is 1. The largest absolute Gasteiger partial charge is 0.344 e. The molecule has 0 fully saturated rings. The fourth-order valence-electron chi connectivity index (χ4n) is 1.94. The molecule has 0 spiro atoms. The summed E-state index contributed by atoms with van der Waals surface area (Å²) in [6.07, 6.45) is 10.1. The summed E-state index contributed by atoms with van der Waals surface area (Å²) in [6, 6.07) is 0. The van der Waals surface area contributed by atoms with Gasteiger partial charge in [-0.3, -0.25) is 0 Å². The Morgan fingerprint density at radius 3 is 2.56 bits per heavy atom. The zero-order valence-corrected chi connectivity index (χ0v) is 11.0. The molecule has 0 aromatic carbocycles. The van der Waals surface area contributed by atoms with Gasteiger partial charge in [0.05, 0.1) is 0 Å². The van der Waals surface area contributed by atoms with E-state index in [2.05, 4.69) is 57.2 Å². The summed E-state index contributed by atoms with van der Waals surface area (Å²) in [5.41, 5.74) is 2.59. The molecule has 0 saturated carbocycles. The lowest BCUT2D eigenvalue weighted by Crippen LogP contribution is -2.27. The molecule has 1 aromatic rings. The maximum Gasteiger partial charge on any atom is 0.0441 e. The Bertz CT molecular complexity index is 475. The molecule has 1 heterocycles. The van der Waals surface area contributed by atoms with Gasteiger partial charge >= 0.3 is 0 Å². The minimum Gasteiger partial charge on any atom is -0.344 e. The molecule has 0 saturated heterocycles. The third-order valence-electron chi connectivity index (χ3n) is 3.01. The standard InChI is InChI=1S/C15H23N/c1-6-8-10-14-12(3)13(4)15(16(14)5)11-9-7-2/h9-11H,3,6-8H2,1-2,4-5H3/b11-9-,14-10+. The van der Waals surface area contributed by atoms with Gasteiger partial charge in [0.15, 0.2) is 0 Å². The Morgan fingerprint density at radius 2 is 2.00 bits per heavy atom. The Hall–Kier alpha value is -1.24. The highest BCUT2D eigenvalue weighted by atomic mass is 14.9. The molecule has 0 aliphatic heterocycles. The van der Waals surface area contributed by atoms with Gasteiger partial charge in [0.2, 0.25) is 0 Å². The number of aromatic nitrogens is 1. The van der Waals surface area contributed by atoms with Crippen LogP contribution in [0.3, 0.4) is 0 Å². The number of hydrogen-bond acceptors (Lipinski definition) is 0. The van der Waals surface area contributed by atoms with Crippen LogP contribution in [0.1, 0.15) is 44.4 Å². The minimum absolute atomic E-state index is 1.07. The van der Waals surface area contributed by atoms with Crippen molar-refractivity contribution in [2.75, 3.05) is 0 Å². The van der Waals surface area contributed by atoms with Crippen LogP contribution in [0, 0.1) is 6.92 Å². The summed E-state index contributed by atoms with van der Waals surface area (Å²) in [5.74, 6) is 0. The first-order valence-corrected chi connectivity index (χ1v) is 6.14. The predicted octanol–water partition coefficient (Wildman–Crippen LogP) is 2.75. The second-order valence-electron chi connectivity index (χ2n) is 4.24. The van der Waals surface area contributed by atoms with Crippen LogP contribution in [0.4, 0.5) is 0 Å². The quantitative estimate of drug-likeness (QED) is 0.731. The van der Waals surface area contributed by atoms with Gasteiger partial charge in [-0.2, -0.15) is 0 Å². The van der Waals surface area contributed by atoms with Crippen LogP contribution in [0.15, 0.2) is 6.08 Å².